The molecule has 0 radical (unpaired) electrons. The van der Waals surface area contributed by atoms with Crippen LogP contribution in [0, 0.1) is 0 Å². The minimum Gasteiger partial charge on any atom is -0.469 e. The van der Waals surface area contributed by atoms with Gasteiger partial charge in [0.2, 0.25) is 0 Å². The SMILES string of the molecule is COC(=O)CC(C)N1CCCCC1CCO. The molecule has 1 N–H and O–H groups in total. The Kier molecular flexibility index (Phi) is 5.77. The van der Waals surface area contributed by atoms with Crippen molar-refractivity contribution < 1.29 is 14.6 Å². The molecule has 0 aromatic heterocycles. The van der Waals surface area contributed by atoms with E-state index in [2.05, 4.69) is 11.8 Å². The van der Waals surface area contributed by atoms with Crippen LogP contribution in [0.1, 0.15) is 39.0 Å². The number of rotatable bonds is 5. The van der Waals surface area contributed by atoms with E-state index in [1.54, 1.807) is 0 Å². The third kappa shape index (κ3) is 3.76. The van der Waals surface area contributed by atoms with Crippen molar-refractivity contribution in [1.82, 2.24) is 4.90 Å². The fourth-order valence-electron chi connectivity index (χ4n) is 2.50. The maximum absolute atomic E-state index is 11.2. The van der Waals surface area contributed by atoms with E-state index in [-0.39, 0.29) is 18.6 Å². The fourth-order valence-corrected chi connectivity index (χ4v) is 2.50. The van der Waals surface area contributed by atoms with Crippen LogP contribution in [-0.4, -0.2) is 48.3 Å². The summed E-state index contributed by atoms with van der Waals surface area (Å²) in [5.74, 6) is -0.152. The summed E-state index contributed by atoms with van der Waals surface area (Å²) in [6, 6.07) is 0.641. The van der Waals surface area contributed by atoms with Crippen LogP contribution in [0.2, 0.25) is 0 Å². The van der Waals surface area contributed by atoms with E-state index < -0.39 is 0 Å². The molecule has 4 heteroatoms. The predicted octanol–water partition coefficient (Wildman–Crippen LogP) is 1.17. The molecule has 0 saturated carbocycles. The zero-order valence-electron chi connectivity index (χ0n) is 10.3. The molecule has 1 rings (SSSR count). The highest BCUT2D eigenvalue weighted by Gasteiger charge is 2.27. The highest BCUT2D eigenvalue weighted by molar-refractivity contribution is 5.69. The van der Waals surface area contributed by atoms with Gasteiger partial charge in [0.15, 0.2) is 0 Å². The molecule has 0 aromatic rings. The Hall–Kier alpha value is -0.610. The number of carbonyl (C=O) groups excluding carboxylic acids is 1. The van der Waals surface area contributed by atoms with Gasteiger partial charge >= 0.3 is 5.97 Å². The van der Waals surface area contributed by atoms with Crippen molar-refractivity contribution in [3.05, 3.63) is 0 Å². The van der Waals surface area contributed by atoms with Gasteiger partial charge in [0, 0.05) is 18.7 Å². The quantitative estimate of drug-likeness (QED) is 0.719. The molecule has 94 valence electrons. The van der Waals surface area contributed by atoms with Gasteiger partial charge in [0.25, 0.3) is 0 Å². The largest absolute Gasteiger partial charge is 0.469 e. The lowest BCUT2D eigenvalue weighted by atomic mass is 9.97. The number of piperidine rings is 1. The second-order valence-electron chi connectivity index (χ2n) is 4.53. The molecule has 16 heavy (non-hydrogen) atoms. The molecular weight excluding hydrogens is 206 g/mol. The monoisotopic (exact) mass is 229 g/mol. The average Bonchev–Trinajstić information content (AvgIpc) is 2.30. The minimum atomic E-state index is -0.152. The number of aliphatic hydroxyl groups excluding tert-OH is 1. The van der Waals surface area contributed by atoms with Crippen LogP contribution in [0.4, 0.5) is 0 Å². The van der Waals surface area contributed by atoms with Crippen molar-refractivity contribution in [3.8, 4) is 0 Å². The Morgan fingerprint density at radius 1 is 1.56 bits per heavy atom. The summed E-state index contributed by atoms with van der Waals surface area (Å²) in [5.41, 5.74) is 0. The number of hydrogen-bond acceptors (Lipinski definition) is 4. The third-order valence-electron chi connectivity index (χ3n) is 3.39. The van der Waals surface area contributed by atoms with Crippen LogP contribution in [0.3, 0.4) is 0 Å². The zero-order valence-corrected chi connectivity index (χ0v) is 10.3. The van der Waals surface area contributed by atoms with Gasteiger partial charge < -0.3 is 9.84 Å². The lowest BCUT2D eigenvalue weighted by molar-refractivity contribution is -0.142. The van der Waals surface area contributed by atoms with E-state index in [0.717, 1.165) is 19.4 Å². The number of methoxy groups -OCH3 is 1. The molecule has 2 unspecified atom stereocenters. The highest BCUT2D eigenvalue weighted by atomic mass is 16.5. The second kappa shape index (κ2) is 6.86. The van der Waals surface area contributed by atoms with Crippen molar-refractivity contribution >= 4 is 5.97 Å². The fraction of sp³-hybridized carbons (Fsp3) is 0.917. The summed E-state index contributed by atoms with van der Waals surface area (Å²) >= 11 is 0. The number of aliphatic hydroxyl groups is 1. The first kappa shape index (κ1) is 13.5. The van der Waals surface area contributed by atoms with Crippen LogP contribution in [-0.2, 0) is 9.53 Å². The summed E-state index contributed by atoms with van der Waals surface area (Å²) in [5, 5.41) is 9.03. The van der Waals surface area contributed by atoms with Gasteiger partial charge in [0.1, 0.15) is 0 Å². The Labute approximate surface area is 97.6 Å². The molecule has 1 saturated heterocycles. The number of likely N-dealkylation sites (tertiary alicyclic amines) is 1. The summed E-state index contributed by atoms with van der Waals surface area (Å²) in [7, 11) is 1.43. The molecule has 1 aliphatic heterocycles. The van der Waals surface area contributed by atoms with Crippen molar-refractivity contribution in [1.29, 1.82) is 0 Å². The van der Waals surface area contributed by atoms with E-state index in [4.69, 9.17) is 9.84 Å². The molecule has 0 bridgehead atoms. The number of esters is 1. The molecule has 4 nitrogen and oxygen atoms in total. The zero-order chi connectivity index (χ0) is 12.0. The minimum absolute atomic E-state index is 0.152. The number of carbonyl (C=O) groups is 1. The number of hydrogen-bond donors (Lipinski definition) is 1. The van der Waals surface area contributed by atoms with E-state index in [9.17, 15) is 4.79 Å². The Morgan fingerprint density at radius 2 is 2.31 bits per heavy atom. The van der Waals surface area contributed by atoms with Gasteiger partial charge in [-0.25, -0.2) is 0 Å². The first-order valence-electron chi connectivity index (χ1n) is 6.12. The number of nitrogens with zero attached hydrogens (tertiary/aromatic N) is 1. The van der Waals surface area contributed by atoms with E-state index in [0.29, 0.717) is 12.5 Å². The van der Waals surface area contributed by atoms with Crippen LogP contribution in [0.15, 0.2) is 0 Å². The van der Waals surface area contributed by atoms with Crippen LogP contribution < -0.4 is 0 Å². The lowest BCUT2D eigenvalue weighted by Crippen LogP contribution is -2.46. The number of ether oxygens (including phenoxy) is 1. The van der Waals surface area contributed by atoms with Gasteiger partial charge in [-0.05, 0) is 32.7 Å². The van der Waals surface area contributed by atoms with Crippen LogP contribution >= 0.6 is 0 Å². The summed E-state index contributed by atoms with van der Waals surface area (Å²) in [4.78, 5) is 13.6. The second-order valence-corrected chi connectivity index (χ2v) is 4.53. The van der Waals surface area contributed by atoms with E-state index in [1.807, 2.05) is 0 Å². The standard InChI is InChI=1S/C12H23NO3/c1-10(9-12(15)16-2)13-7-4-3-5-11(13)6-8-14/h10-11,14H,3-9H2,1-2H3. The maximum atomic E-state index is 11.2. The third-order valence-corrected chi connectivity index (χ3v) is 3.39. The normalized spacial score (nSPS) is 24.1. The van der Waals surface area contributed by atoms with Gasteiger partial charge in [-0.2, -0.15) is 0 Å². The average molecular weight is 229 g/mol. The van der Waals surface area contributed by atoms with Gasteiger partial charge in [-0.3, -0.25) is 9.69 Å². The maximum Gasteiger partial charge on any atom is 0.307 e. The van der Waals surface area contributed by atoms with Gasteiger partial charge in [-0.15, -0.1) is 0 Å². The van der Waals surface area contributed by atoms with Crippen molar-refractivity contribution in [3.63, 3.8) is 0 Å². The van der Waals surface area contributed by atoms with Crippen molar-refractivity contribution in [2.24, 2.45) is 0 Å². The first-order valence-corrected chi connectivity index (χ1v) is 6.12. The smallest absolute Gasteiger partial charge is 0.307 e. The molecule has 0 aromatic carbocycles. The van der Waals surface area contributed by atoms with Crippen molar-refractivity contribution in [2.45, 2.75) is 51.1 Å². The van der Waals surface area contributed by atoms with Crippen LogP contribution in [0.25, 0.3) is 0 Å². The molecule has 0 spiro atoms. The topological polar surface area (TPSA) is 49.8 Å². The summed E-state index contributed by atoms with van der Waals surface area (Å²) in [6.45, 7) is 3.32. The van der Waals surface area contributed by atoms with Crippen molar-refractivity contribution in [2.75, 3.05) is 20.3 Å². The van der Waals surface area contributed by atoms with E-state index in [1.165, 1.54) is 20.0 Å². The predicted molar refractivity (Wildman–Crippen MR) is 62.1 cm³/mol. The van der Waals surface area contributed by atoms with Gasteiger partial charge in [0.05, 0.1) is 13.5 Å². The van der Waals surface area contributed by atoms with Crippen LogP contribution in [0.5, 0.6) is 0 Å². The Bertz CT molecular complexity index is 218. The van der Waals surface area contributed by atoms with Gasteiger partial charge in [-0.1, -0.05) is 6.42 Å². The molecule has 2 atom stereocenters. The highest BCUT2D eigenvalue weighted by Crippen LogP contribution is 2.23. The molecule has 0 aliphatic carbocycles. The molecule has 1 fully saturated rings. The molecule has 1 aliphatic rings. The summed E-state index contributed by atoms with van der Waals surface area (Å²) < 4.78 is 4.69. The Morgan fingerprint density at radius 3 is 2.94 bits per heavy atom. The molecule has 0 amide bonds. The van der Waals surface area contributed by atoms with E-state index >= 15 is 0 Å². The molecular formula is C12H23NO3. The molecule has 1 heterocycles. The summed E-state index contributed by atoms with van der Waals surface area (Å²) in [6.07, 6.45) is 4.80. The first-order chi connectivity index (χ1) is 7.69. The lowest BCUT2D eigenvalue weighted by Gasteiger charge is -2.39. The Balaban J connectivity index is 2.49.